The van der Waals surface area contributed by atoms with Gasteiger partial charge in [0.1, 0.15) is 5.82 Å². The number of ether oxygens (including phenoxy) is 1. The maximum atomic E-state index is 13.7. The number of nitrogens with one attached hydrogen (secondary N) is 1. The van der Waals surface area contributed by atoms with Gasteiger partial charge in [-0.25, -0.2) is 4.39 Å². The van der Waals surface area contributed by atoms with Crippen molar-refractivity contribution in [1.29, 1.82) is 0 Å². The molecule has 8 heteroatoms. The van der Waals surface area contributed by atoms with E-state index in [1.165, 1.54) is 24.0 Å². The summed E-state index contributed by atoms with van der Waals surface area (Å²) in [7, 11) is 0. The van der Waals surface area contributed by atoms with Crippen LogP contribution in [0.4, 0.5) is 10.1 Å². The zero-order chi connectivity index (χ0) is 21.0. The largest absolute Gasteiger partial charge is 0.455 e. The summed E-state index contributed by atoms with van der Waals surface area (Å²) in [5, 5.41) is 2.51. The van der Waals surface area contributed by atoms with Crippen molar-refractivity contribution < 1.29 is 23.5 Å². The molecule has 2 aromatic carbocycles. The highest BCUT2D eigenvalue weighted by Crippen LogP contribution is 2.33. The van der Waals surface area contributed by atoms with E-state index in [4.69, 9.17) is 16.3 Å². The minimum absolute atomic E-state index is 0.0652. The summed E-state index contributed by atoms with van der Waals surface area (Å²) in [5.41, 5.74) is 1.65. The Morgan fingerprint density at radius 1 is 1.21 bits per heavy atom. The maximum absolute atomic E-state index is 13.7. The Balaban J connectivity index is 1.61. The smallest absolute Gasteiger partial charge is 0.308 e. The van der Waals surface area contributed by atoms with E-state index in [9.17, 15) is 18.8 Å². The molecule has 6 nitrogen and oxygen atoms in total. The summed E-state index contributed by atoms with van der Waals surface area (Å²) in [5.74, 6) is -2.26. The third-order valence-corrected chi connectivity index (χ3v) is 4.63. The summed E-state index contributed by atoms with van der Waals surface area (Å²) in [4.78, 5) is 37.6. The second-order valence-electron chi connectivity index (χ2n) is 6.42. The third kappa shape index (κ3) is 5.00. The predicted molar refractivity (Wildman–Crippen MR) is 106 cm³/mol. The number of amides is 2. The Morgan fingerprint density at radius 2 is 1.97 bits per heavy atom. The Labute approximate surface area is 171 Å². The summed E-state index contributed by atoms with van der Waals surface area (Å²) < 4.78 is 18.8. The number of esters is 1. The van der Waals surface area contributed by atoms with Crippen LogP contribution in [0.1, 0.15) is 30.5 Å². The van der Waals surface area contributed by atoms with Crippen molar-refractivity contribution in [2.45, 2.75) is 19.4 Å². The summed E-state index contributed by atoms with van der Waals surface area (Å²) in [6, 6.07) is 10.7. The molecule has 2 aromatic rings. The van der Waals surface area contributed by atoms with Crippen LogP contribution >= 0.6 is 11.6 Å². The quantitative estimate of drug-likeness (QED) is 0.749. The van der Waals surface area contributed by atoms with Crippen LogP contribution in [-0.4, -0.2) is 29.3 Å². The fraction of sp³-hybridized carbons (Fsp3) is 0.190. The van der Waals surface area contributed by atoms with Crippen LogP contribution in [-0.2, 0) is 19.1 Å². The number of anilines is 1. The van der Waals surface area contributed by atoms with E-state index in [-0.39, 0.29) is 23.0 Å². The maximum Gasteiger partial charge on any atom is 0.308 e. The van der Waals surface area contributed by atoms with Gasteiger partial charge in [0.05, 0.1) is 18.2 Å². The first-order valence-corrected chi connectivity index (χ1v) is 9.19. The lowest BCUT2D eigenvalue weighted by Gasteiger charge is -2.32. The molecule has 1 aliphatic rings. The zero-order valence-corrected chi connectivity index (χ0v) is 16.3. The average Bonchev–Trinajstić information content (AvgIpc) is 2.68. The van der Waals surface area contributed by atoms with Gasteiger partial charge in [-0.15, -0.1) is 0 Å². The number of carbonyl (C=O) groups is 3. The monoisotopic (exact) mass is 416 g/mol. The number of halogens is 2. The van der Waals surface area contributed by atoms with Crippen molar-refractivity contribution in [2.75, 3.05) is 11.9 Å². The number of fused-ring (bicyclic) bond motifs is 1. The van der Waals surface area contributed by atoms with Crippen molar-refractivity contribution in [3.05, 3.63) is 70.6 Å². The minimum Gasteiger partial charge on any atom is -0.455 e. The first-order chi connectivity index (χ1) is 13.8. The van der Waals surface area contributed by atoms with Crippen molar-refractivity contribution in [2.24, 2.45) is 0 Å². The van der Waals surface area contributed by atoms with Crippen LogP contribution in [0.3, 0.4) is 0 Å². The molecule has 0 unspecified atom stereocenters. The van der Waals surface area contributed by atoms with Crippen LogP contribution in [0.2, 0.25) is 5.02 Å². The average molecular weight is 417 g/mol. The Hall–Kier alpha value is -3.19. The fourth-order valence-electron chi connectivity index (χ4n) is 3.05. The van der Waals surface area contributed by atoms with Crippen molar-refractivity contribution in [3.63, 3.8) is 0 Å². The number of rotatable bonds is 5. The van der Waals surface area contributed by atoms with Gasteiger partial charge < -0.3 is 15.0 Å². The van der Waals surface area contributed by atoms with Crippen LogP contribution < -0.4 is 5.32 Å². The molecule has 0 aliphatic carbocycles. The van der Waals surface area contributed by atoms with E-state index in [2.05, 4.69) is 5.32 Å². The Kier molecular flexibility index (Phi) is 6.29. The number of nitrogens with zero attached hydrogens (tertiary/aromatic N) is 1. The predicted octanol–water partition coefficient (Wildman–Crippen LogP) is 3.93. The molecule has 0 aromatic heterocycles. The van der Waals surface area contributed by atoms with Gasteiger partial charge in [0, 0.05) is 18.1 Å². The molecule has 0 saturated carbocycles. The van der Waals surface area contributed by atoms with Gasteiger partial charge in [0.25, 0.3) is 5.91 Å². The summed E-state index contributed by atoms with van der Waals surface area (Å²) in [6.45, 7) is 0.829. The van der Waals surface area contributed by atoms with E-state index < -0.39 is 30.3 Å². The molecule has 1 heterocycles. The van der Waals surface area contributed by atoms with Crippen LogP contribution in [0.5, 0.6) is 0 Å². The first kappa shape index (κ1) is 20.5. The molecular formula is C21H18ClFN2O4. The SMILES string of the molecule is CC(=O)N1C=Cc2ccccc2[C@@H]1CC(=O)OCC(=O)Nc1ccc(Cl)cc1F. The standard InChI is InChI=1S/C21H18ClFN2O4/c1-13(26)25-9-8-14-4-2-3-5-16(14)19(25)11-21(28)29-12-20(27)24-18-7-6-15(22)10-17(18)23/h2-10,19H,11-12H2,1H3,(H,24,27)/t19-/m0/s1. The van der Waals surface area contributed by atoms with Crippen LogP contribution in [0.15, 0.2) is 48.7 Å². The normalized spacial score (nSPS) is 14.9. The van der Waals surface area contributed by atoms with Crippen LogP contribution in [0.25, 0.3) is 6.08 Å². The second kappa shape index (κ2) is 8.87. The van der Waals surface area contributed by atoms with Gasteiger partial charge in [-0.1, -0.05) is 35.9 Å². The lowest BCUT2D eigenvalue weighted by atomic mass is 9.94. The van der Waals surface area contributed by atoms with E-state index in [0.717, 1.165) is 17.2 Å². The molecule has 0 spiro atoms. The number of hydrogen-bond acceptors (Lipinski definition) is 4. The Morgan fingerprint density at radius 3 is 2.69 bits per heavy atom. The minimum atomic E-state index is -0.695. The molecule has 0 fully saturated rings. The van der Waals surface area contributed by atoms with E-state index in [1.54, 1.807) is 12.3 Å². The Bertz CT molecular complexity index is 992. The second-order valence-corrected chi connectivity index (χ2v) is 6.86. The molecule has 0 bridgehead atoms. The van der Waals surface area contributed by atoms with Gasteiger partial charge in [-0.2, -0.15) is 0 Å². The molecule has 2 amide bonds. The molecule has 1 N–H and O–H groups in total. The zero-order valence-electron chi connectivity index (χ0n) is 15.5. The fourth-order valence-corrected chi connectivity index (χ4v) is 3.21. The summed E-state index contributed by atoms with van der Waals surface area (Å²) in [6.07, 6.45) is 3.30. The molecular weight excluding hydrogens is 399 g/mol. The van der Waals surface area contributed by atoms with E-state index in [0.29, 0.717) is 0 Å². The van der Waals surface area contributed by atoms with Crippen molar-refractivity contribution >= 4 is 41.1 Å². The van der Waals surface area contributed by atoms with E-state index >= 15 is 0 Å². The van der Waals surface area contributed by atoms with Gasteiger partial charge in [0.2, 0.25) is 5.91 Å². The summed E-state index contributed by atoms with van der Waals surface area (Å²) >= 11 is 5.66. The van der Waals surface area contributed by atoms with Crippen LogP contribution in [0, 0.1) is 5.82 Å². The van der Waals surface area contributed by atoms with Gasteiger partial charge in [-0.3, -0.25) is 14.4 Å². The number of benzene rings is 2. The molecule has 29 heavy (non-hydrogen) atoms. The molecule has 150 valence electrons. The van der Waals surface area contributed by atoms with E-state index in [1.807, 2.05) is 24.3 Å². The van der Waals surface area contributed by atoms with Gasteiger partial charge in [-0.05, 0) is 35.4 Å². The third-order valence-electron chi connectivity index (χ3n) is 4.40. The lowest BCUT2D eigenvalue weighted by Crippen LogP contribution is -2.33. The highest BCUT2D eigenvalue weighted by molar-refractivity contribution is 6.30. The molecule has 3 rings (SSSR count). The number of carbonyl (C=O) groups excluding carboxylic acids is 3. The van der Waals surface area contributed by atoms with Crippen molar-refractivity contribution in [1.82, 2.24) is 4.90 Å². The molecule has 0 radical (unpaired) electrons. The highest BCUT2D eigenvalue weighted by atomic mass is 35.5. The van der Waals surface area contributed by atoms with Gasteiger partial charge in [0.15, 0.2) is 6.61 Å². The molecule has 1 aliphatic heterocycles. The lowest BCUT2D eigenvalue weighted by molar-refractivity contribution is -0.149. The number of hydrogen-bond donors (Lipinski definition) is 1. The first-order valence-electron chi connectivity index (χ1n) is 8.81. The topological polar surface area (TPSA) is 75.7 Å². The highest BCUT2D eigenvalue weighted by Gasteiger charge is 2.29. The molecule has 0 saturated heterocycles. The van der Waals surface area contributed by atoms with Gasteiger partial charge >= 0.3 is 5.97 Å². The van der Waals surface area contributed by atoms with Crippen molar-refractivity contribution in [3.8, 4) is 0 Å². The molecule has 1 atom stereocenters.